The van der Waals surface area contributed by atoms with E-state index in [-0.39, 0.29) is 6.09 Å². The average molecular weight is 321 g/mol. The molecular weight excluding hydrogens is 294 g/mol. The maximum absolute atomic E-state index is 11.7. The first-order chi connectivity index (χ1) is 11.1. The van der Waals surface area contributed by atoms with Gasteiger partial charge in [0.05, 0.1) is 6.61 Å². The summed E-state index contributed by atoms with van der Waals surface area (Å²) in [5.74, 6) is 1.60. The Morgan fingerprint density at radius 2 is 2.00 bits per heavy atom. The Hall–Kier alpha value is -2.05. The molecule has 0 saturated carbocycles. The lowest BCUT2D eigenvalue weighted by atomic mass is 10.3. The van der Waals surface area contributed by atoms with Crippen LogP contribution in [0.4, 0.5) is 16.6 Å². The van der Waals surface area contributed by atoms with Gasteiger partial charge < -0.3 is 19.9 Å². The Kier molecular flexibility index (Phi) is 6.43. The first-order valence-corrected chi connectivity index (χ1v) is 8.40. The molecule has 128 valence electrons. The molecule has 0 spiro atoms. The van der Waals surface area contributed by atoms with E-state index in [0.717, 1.165) is 49.9 Å². The molecule has 1 aromatic heterocycles. The summed E-state index contributed by atoms with van der Waals surface area (Å²) in [5.41, 5.74) is 0.946. The highest BCUT2D eigenvalue weighted by molar-refractivity contribution is 5.68. The number of nitrogens with zero attached hydrogens (tertiary/aromatic N) is 4. The largest absolute Gasteiger partial charge is 0.450 e. The lowest BCUT2D eigenvalue weighted by molar-refractivity contribution is 0.105. The van der Waals surface area contributed by atoms with Gasteiger partial charge in [-0.2, -0.15) is 4.98 Å². The normalized spacial score (nSPS) is 14.7. The van der Waals surface area contributed by atoms with Crippen molar-refractivity contribution in [1.82, 2.24) is 14.9 Å². The van der Waals surface area contributed by atoms with E-state index < -0.39 is 0 Å². The standard InChI is InChI=1S/C16H27N5O2/c1-4-6-7-17-14-12-13(3)18-15(19-14)20-8-10-21(11-9-20)16(22)23-5-2/h12H,4-11H2,1-3H3,(H,17,18,19). The highest BCUT2D eigenvalue weighted by Gasteiger charge is 2.23. The Morgan fingerprint density at radius 1 is 1.26 bits per heavy atom. The molecule has 0 aromatic carbocycles. The second kappa shape index (κ2) is 8.55. The fourth-order valence-electron chi connectivity index (χ4n) is 2.48. The molecule has 1 amide bonds. The van der Waals surface area contributed by atoms with Crippen LogP contribution in [0.2, 0.25) is 0 Å². The lowest BCUT2D eigenvalue weighted by Crippen LogP contribution is -2.49. The van der Waals surface area contributed by atoms with Gasteiger partial charge in [-0.1, -0.05) is 13.3 Å². The van der Waals surface area contributed by atoms with Crippen LogP contribution in [0.3, 0.4) is 0 Å². The highest BCUT2D eigenvalue weighted by atomic mass is 16.6. The molecule has 0 bridgehead atoms. The van der Waals surface area contributed by atoms with Crippen molar-refractivity contribution < 1.29 is 9.53 Å². The summed E-state index contributed by atoms with van der Waals surface area (Å²) in [6.07, 6.45) is 2.04. The van der Waals surface area contributed by atoms with Gasteiger partial charge in [0.2, 0.25) is 5.95 Å². The number of rotatable bonds is 6. The number of anilines is 2. The van der Waals surface area contributed by atoms with E-state index in [2.05, 4.69) is 27.1 Å². The number of piperazine rings is 1. The molecule has 1 aliphatic rings. The van der Waals surface area contributed by atoms with E-state index in [1.807, 2.05) is 19.9 Å². The van der Waals surface area contributed by atoms with Gasteiger partial charge in [0, 0.05) is 44.5 Å². The van der Waals surface area contributed by atoms with Crippen LogP contribution in [0.15, 0.2) is 6.07 Å². The topological polar surface area (TPSA) is 70.6 Å². The molecule has 0 atom stereocenters. The monoisotopic (exact) mass is 321 g/mol. The number of carbonyl (C=O) groups excluding carboxylic acids is 1. The molecule has 1 aliphatic heterocycles. The van der Waals surface area contributed by atoms with Crippen molar-refractivity contribution in [2.24, 2.45) is 0 Å². The number of carbonyl (C=O) groups is 1. The fourth-order valence-corrected chi connectivity index (χ4v) is 2.48. The predicted molar refractivity (Wildman–Crippen MR) is 91.0 cm³/mol. The number of unbranched alkanes of at least 4 members (excludes halogenated alkanes) is 1. The van der Waals surface area contributed by atoms with Crippen molar-refractivity contribution in [3.05, 3.63) is 11.8 Å². The van der Waals surface area contributed by atoms with Crippen molar-refractivity contribution in [2.45, 2.75) is 33.6 Å². The number of nitrogens with one attached hydrogen (secondary N) is 1. The molecule has 1 fully saturated rings. The summed E-state index contributed by atoms with van der Waals surface area (Å²) in [7, 11) is 0. The zero-order chi connectivity index (χ0) is 16.7. The van der Waals surface area contributed by atoms with Crippen LogP contribution in [0, 0.1) is 6.92 Å². The van der Waals surface area contributed by atoms with Crippen molar-refractivity contribution in [3.8, 4) is 0 Å². The summed E-state index contributed by atoms with van der Waals surface area (Å²) >= 11 is 0. The number of hydrogen-bond acceptors (Lipinski definition) is 6. The molecule has 23 heavy (non-hydrogen) atoms. The third-order valence-electron chi connectivity index (χ3n) is 3.77. The van der Waals surface area contributed by atoms with E-state index >= 15 is 0 Å². The van der Waals surface area contributed by atoms with Crippen LogP contribution in [-0.2, 0) is 4.74 Å². The van der Waals surface area contributed by atoms with Crippen LogP contribution in [-0.4, -0.2) is 60.3 Å². The Labute approximate surface area is 138 Å². The molecule has 7 nitrogen and oxygen atoms in total. The number of amides is 1. The van der Waals surface area contributed by atoms with Gasteiger partial charge in [-0.15, -0.1) is 0 Å². The molecule has 2 heterocycles. The van der Waals surface area contributed by atoms with E-state index in [0.29, 0.717) is 19.7 Å². The van der Waals surface area contributed by atoms with Gasteiger partial charge in [-0.3, -0.25) is 0 Å². The molecule has 0 unspecified atom stereocenters. The lowest BCUT2D eigenvalue weighted by Gasteiger charge is -2.34. The first-order valence-electron chi connectivity index (χ1n) is 8.40. The highest BCUT2D eigenvalue weighted by Crippen LogP contribution is 2.16. The van der Waals surface area contributed by atoms with Gasteiger partial charge in [0.1, 0.15) is 5.82 Å². The number of aromatic nitrogens is 2. The molecule has 0 radical (unpaired) electrons. The second-order valence-corrected chi connectivity index (χ2v) is 5.65. The SMILES string of the molecule is CCCCNc1cc(C)nc(N2CCN(C(=O)OCC)CC2)n1. The Balaban J connectivity index is 1.96. The molecule has 2 rings (SSSR count). The smallest absolute Gasteiger partial charge is 0.409 e. The minimum absolute atomic E-state index is 0.237. The zero-order valence-corrected chi connectivity index (χ0v) is 14.3. The van der Waals surface area contributed by atoms with E-state index in [9.17, 15) is 4.79 Å². The van der Waals surface area contributed by atoms with E-state index in [4.69, 9.17) is 4.74 Å². The van der Waals surface area contributed by atoms with Crippen LogP contribution < -0.4 is 10.2 Å². The third kappa shape index (κ3) is 4.97. The molecule has 1 saturated heterocycles. The van der Waals surface area contributed by atoms with Crippen LogP contribution in [0.5, 0.6) is 0 Å². The molecule has 7 heteroatoms. The quantitative estimate of drug-likeness (QED) is 0.811. The minimum atomic E-state index is -0.237. The molecule has 1 N–H and O–H groups in total. The molecule has 0 aliphatic carbocycles. The number of aryl methyl sites for hydroxylation is 1. The summed E-state index contributed by atoms with van der Waals surface area (Å²) in [4.78, 5) is 24.7. The predicted octanol–water partition coefficient (Wildman–Crippen LogP) is 2.28. The van der Waals surface area contributed by atoms with Crippen LogP contribution >= 0.6 is 0 Å². The van der Waals surface area contributed by atoms with E-state index in [1.165, 1.54) is 0 Å². The van der Waals surface area contributed by atoms with Crippen molar-refractivity contribution in [2.75, 3.05) is 49.5 Å². The van der Waals surface area contributed by atoms with Crippen molar-refractivity contribution >= 4 is 17.9 Å². The second-order valence-electron chi connectivity index (χ2n) is 5.65. The fraction of sp³-hybridized carbons (Fsp3) is 0.688. The van der Waals surface area contributed by atoms with Gasteiger partial charge in [-0.05, 0) is 20.3 Å². The maximum Gasteiger partial charge on any atom is 0.409 e. The number of hydrogen-bond donors (Lipinski definition) is 1. The summed E-state index contributed by atoms with van der Waals surface area (Å²) in [6.45, 7) is 10.0. The van der Waals surface area contributed by atoms with Crippen molar-refractivity contribution in [1.29, 1.82) is 0 Å². The maximum atomic E-state index is 11.7. The van der Waals surface area contributed by atoms with Gasteiger partial charge in [0.15, 0.2) is 0 Å². The molecule has 1 aromatic rings. The summed E-state index contributed by atoms with van der Waals surface area (Å²) < 4.78 is 5.04. The Morgan fingerprint density at radius 3 is 2.65 bits per heavy atom. The number of ether oxygens (including phenoxy) is 1. The average Bonchev–Trinajstić information content (AvgIpc) is 2.55. The van der Waals surface area contributed by atoms with Crippen molar-refractivity contribution in [3.63, 3.8) is 0 Å². The van der Waals surface area contributed by atoms with Gasteiger partial charge >= 0.3 is 6.09 Å². The van der Waals surface area contributed by atoms with E-state index in [1.54, 1.807) is 4.90 Å². The van der Waals surface area contributed by atoms with Crippen LogP contribution in [0.25, 0.3) is 0 Å². The first kappa shape index (κ1) is 17.3. The summed E-state index contributed by atoms with van der Waals surface area (Å²) in [5, 5.41) is 3.35. The molecular formula is C16H27N5O2. The van der Waals surface area contributed by atoms with Gasteiger partial charge in [0.25, 0.3) is 0 Å². The Bertz CT molecular complexity index is 515. The van der Waals surface area contributed by atoms with Crippen LogP contribution in [0.1, 0.15) is 32.4 Å². The third-order valence-corrected chi connectivity index (χ3v) is 3.77. The summed E-state index contributed by atoms with van der Waals surface area (Å²) in [6, 6.07) is 1.97. The zero-order valence-electron chi connectivity index (χ0n) is 14.3. The minimum Gasteiger partial charge on any atom is -0.450 e. The van der Waals surface area contributed by atoms with Gasteiger partial charge in [-0.25, -0.2) is 9.78 Å².